The van der Waals surface area contributed by atoms with Gasteiger partial charge in [0.05, 0.1) is 0 Å². The second-order valence-corrected chi connectivity index (χ2v) is 10.0. The highest BCUT2D eigenvalue weighted by atomic mass is 16.3. The molecule has 0 bridgehead atoms. The van der Waals surface area contributed by atoms with Crippen LogP contribution in [0.2, 0.25) is 0 Å². The molecule has 0 aromatic carbocycles. The molecule has 0 spiro atoms. The van der Waals surface area contributed by atoms with E-state index in [-0.39, 0.29) is 23.0 Å². The van der Waals surface area contributed by atoms with Crippen molar-refractivity contribution in [1.82, 2.24) is 0 Å². The molecule has 0 aromatic heterocycles. The van der Waals surface area contributed by atoms with Crippen LogP contribution in [-0.4, -0.2) is 34.0 Å². The Labute approximate surface area is 161 Å². The zero-order valence-electron chi connectivity index (χ0n) is 16.9. The zero-order valence-corrected chi connectivity index (χ0v) is 16.9. The Hall–Kier alpha value is -1.26. The fourth-order valence-corrected chi connectivity index (χ4v) is 7.33. The Morgan fingerprint density at radius 3 is 2.59 bits per heavy atom. The fourth-order valence-electron chi connectivity index (χ4n) is 7.33. The molecule has 2 unspecified atom stereocenters. The van der Waals surface area contributed by atoms with Crippen LogP contribution in [0, 0.1) is 34.5 Å². The summed E-state index contributed by atoms with van der Waals surface area (Å²) in [5, 5.41) is 21.0. The van der Waals surface area contributed by atoms with Gasteiger partial charge in [0, 0.05) is 17.3 Å². The van der Waals surface area contributed by atoms with E-state index in [1.165, 1.54) is 11.1 Å². The lowest BCUT2D eigenvalue weighted by atomic mass is 9.48. The van der Waals surface area contributed by atoms with E-state index >= 15 is 0 Å². The van der Waals surface area contributed by atoms with Gasteiger partial charge >= 0.3 is 0 Å². The number of rotatable bonds is 2. The van der Waals surface area contributed by atoms with Crippen LogP contribution in [0.5, 0.6) is 0 Å². The lowest BCUT2D eigenvalue weighted by Gasteiger charge is -2.56. The first-order chi connectivity index (χ1) is 12.6. The van der Waals surface area contributed by atoms with Gasteiger partial charge in [-0.3, -0.25) is 9.59 Å². The summed E-state index contributed by atoms with van der Waals surface area (Å²) in [7, 11) is 0. The molecule has 4 nitrogen and oxygen atoms in total. The van der Waals surface area contributed by atoms with Crippen molar-refractivity contribution in [1.29, 1.82) is 0 Å². The van der Waals surface area contributed by atoms with Crippen LogP contribution in [0.25, 0.3) is 0 Å². The van der Waals surface area contributed by atoms with Crippen LogP contribution in [0.4, 0.5) is 0 Å². The fraction of sp³-hybridized carbons (Fsp3) is 0.739. The molecule has 0 saturated heterocycles. The number of allylic oxidation sites excluding steroid dienone is 4. The van der Waals surface area contributed by atoms with Crippen molar-refractivity contribution in [2.75, 3.05) is 6.61 Å². The molecule has 0 aromatic rings. The molecule has 2 saturated carbocycles. The monoisotopic (exact) mass is 372 g/mol. The van der Waals surface area contributed by atoms with E-state index < -0.39 is 23.4 Å². The number of hydrogen-bond donors (Lipinski definition) is 2. The predicted octanol–water partition coefficient (Wildman–Crippen LogP) is 3.22. The van der Waals surface area contributed by atoms with Crippen LogP contribution in [0.3, 0.4) is 0 Å². The van der Waals surface area contributed by atoms with Gasteiger partial charge in [0.15, 0.2) is 11.6 Å². The molecule has 27 heavy (non-hydrogen) atoms. The highest BCUT2D eigenvalue weighted by Crippen LogP contribution is 2.67. The van der Waals surface area contributed by atoms with Crippen LogP contribution >= 0.6 is 0 Å². The molecule has 148 valence electrons. The van der Waals surface area contributed by atoms with Crippen molar-refractivity contribution in [3.05, 3.63) is 23.3 Å². The summed E-state index contributed by atoms with van der Waals surface area (Å²) >= 11 is 0. The second-order valence-electron chi connectivity index (χ2n) is 10.0. The number of Topliss-reactive ketones (excluding diaryl/α,β-unsaturated/α-hetero) is 1. The Morgan fingerprint density at radius 2 is 1.93 bits per heavy atom. The van der Waals surface area contributed by atoms with E-state index in [1.54, 1.807) is 0 Å². The summed E-state index contributed by atoms with van der Waals surface area (Å²) in [5.74, 6) is 0.542. The summed E-state index contributed by atoms with van der Waals surface area (Å²) in [5.41, 5.74) is 0.634. The van der Waals surface area contributed by atoms with Gasteiger partial charge in [-0.05, 0) is 55.4 Å². The summed E-state index contributed by atoms with van der Waals surface area (Å²) in [6, 6.07) is 0. The molecule has 4 aliphatic carbocycles. The van der Waals surface area contributed by atoms with E-state index in [4.69, 9.17) is 0 Å². The maximum atomic E-state index is 12.6. The molecular weight excluding hydrogens is 340 g/mol. The standard InChI is InChI=1S/C23H32O4/c1-13-9-16-17(21(3)7-5-15(25)11-18(13)21)6-8-22(4)19(16)10-14(2)23(22,27)20(26)12-24/h6,11,13-14,16,19,24,27H,5,7-10,12H2,1-4H3/t13-,14+,16?,19?,21+,22-,23-/m0/s1. The van der Waals surface area contributed by atoms with E-state index in [0.29, 0.717) is 24.7 Å². The van der Waals surface area contributed by atoms with Crippen molar-refractivity contribution in [3.8, 4) is 0 Å². The number of aliphatic hydroxyl groups excluding tert-OH is 1. The molecule has 0 heterocycles. The number of fused-ring (bicyclic) bond motifs is 5. The first-order valence-electron chi connectivity index (χ1n) is 10.4. The molecule has 2 N–H and O–H groups in total. The van der Waals surface area contributed by atoms with Gasteiger partial charge in [-0.2, -0.15) is 0 Å². The SMILES string of the molecule is C[C@@H]1CC2C3C[C@H](C)C4=CC(=O)CC[C@]4(C)C3=CC[C@]2(C)[C@@]1(O)C(=O)CO. The smallest absolute Gasteiger partial charge is 0.190 e. The number of aliphatic hydroxyl groups is 2. The van der Waals surface area contributed by atoms with Crippen LogP contribution < -0.4 is 0 Å². The minimum atomic E-state index is -1.46. The van der Waals surface area contributed by atoms with Crippen LogP contribution in [-0.2, 0) is 9.59 Å². The van der Waals surface area contributed by atoms with Crippen LogP contribution in [0.15, 0.2) is 23.3 Å². The van der Waals surface area contributed by atoms with Gasteiger partial charge in [-0.15, -0.1) is 0 Å². The molecule has 0 amide bonds. The van der Waals surface area contributed by atoms with Crippen molar-refractivity contribution in [2.24, 2.45) is 34.5 Å². The molecular formula is C23H32O4. The third-order valence-electron chi connectivity index (χ3n) is 8.81. The second kappa shape index (κ2) is 5.87. The minimum Gasteiger partial charge on any atom is -0.388 e. The summed E-state index contributed by atoms with van der Waals surface area (Å²) < 4.78 is 0. The highest BCUT2D eigenvalue weighted by Gasteiger charge is 2.67. The van der Waals surface area contributed by atoms with Gasteiger partial charge in [-0.1, -0.05) is 44.9 Å². The summed E-state index contributed by atoms with van der Waals surface area (Å²) in [6.07, 6.45) is 8.05. The van der Waals surface area contributed by atoms with Crippen molar-refractivity contribution >= 4 is 11.6 Å². The van der Waals surface area contributed by atoms with Crippen molar-refractivity contribution < 1.29 is 19.8 Å². The molecule has 4 rings (SSSR count). The zero-order chi connectivity index (χ0) is 19.8. The Morgan fingerprint density at radius 1 is 1.22 bits per heavy atom. The number of carbonyl (C=O) groups excluding carboxylic acids is 2. The van der Waals surface area contributed by atoms with Crippen molar-refractivity contribution in [2.45, 2.75) is 65.4 Å². The third-order valence-corrected chi connectivity index (χ3v) is 8.81. The Bertz CT molecular complexity index is 764. The van der Waals surface area contributed by atoms with Gasteiger partial charge < -0.3 is 10.2 Å². The molecule has 0 aliphatic heterocycles. The molecule has 4 heteroatoms. The average Bonchev–Trinajstić information content (AvgIpc) is 2.84. The first kappa shape index (κ1) is 19.1. The molecule has 0 radical (unpaired) electrons. The largest absolute Gasteiger partial charge is 0.388 e. The molecule has 2 fully saturated rings. The van der Waals surface area contributed by atoms with Gasteiger partial charge in [0.25, 0.3) is 0 Å². The maximum absolute atomic E-state index is 12.6. The van der Waals surface area contributed by atoms with Crippen LogP contribution in [0.1, 0.15) is 59.8 Å². The third kappa shape index (κ3) is 2.23. The van der Waals surface area contributed by atoms with Gasteiger partial charge in [0.2, 0.25) is 0 Å². The Balaban J connectivity index is 1.81. The highest BCUT2D eigenvalue weighted by molar-refractivity contribution is 5.92. The maximum Gasteiger partial charge on any atom is 0.190 e. The quantitative estimate of drug-likeness (QED) is 0.730. The van der Waals surface area contributed by atoms with E-state index in [9.17, 15) is 19.8 Å². The van der Waals surface area contributed by atoms with E-state index in [0.717, 1.165) is 19.3 Å². The average molecular weight is 373 g/mol. The van der Waals surface area contributed by atoms with E-state index in [1.807, 2.05) is 19.9 Å². The predicted molar refractivity (Wildman–Crippen MR) is 103 cm³/mol. The molecule has 4 aliphatic rings. The number of carbonyl (C=O) groups is 2. The van der Waals surface area contributed by atoms with Crippen molar-refractivity contribution in [3.63, 3.8) is 0 Å². The number of ketones is 2. The first-order valence-corrected chi connectivity index (χ1v) is 10.4. The lowest BCUT2D eigenvalue weighted by Crippen LogP contribution is -2.57. The molecule has 7 atom stereocenters. The van der Waals surface area contributed by atoms with Gasteiger partial charge in [0.1, 0.15) is 12.2 Å². The summed E-state index contributed by atoms with van der Waals surface area (Å²) in [4.78, 5) is 24.6. The number of hydrogen-bond acceptors (Lipinski definition) is 4. The lowest BCUT2D eigenvalue weighted by molar-refractivity contribution is -0.161. The van der Waals surface area contributed by atoms with Gasteiger partial charge in [-0.25, -0.2) is 0 Å². The summed E-state index contributed by atoms with van der Waals surface area (Å²) in [6.45, 7) is 7.90. The normalized spacial score (nSPS) is 48.9. The minimum absolute atomic E-state index is 0.0670. The van der Waals surface area contributed by atoms with E-state index in [2.05, 4.69) is 19.9 Å². The topological polar surface area (TPSA) is 74.6 Å². The Kier molecular flexibility index (Phi) is 4.15.